The van der Waals surface area contributed by atoms with E-state index in [4.69, 9.17) is 0 Å². The van der Waals surface area contributed by atoms with E-state index in [2.05, 4.69) is 25.6 Å². The van der Waals surface area contributed by atoms with Gasteiger partial charge in [0.2, 0.25) is 5.88 Å². The topological polar surface area (TPSA) is 144 Å². The van der Waals surface area contributed by atoms with Crippen LogP contribution in [-0.4, -0.2) is 29.7 Å². The van der Waals surface area contributed by atoms with Crippen LogP contribution in [0.25, 0.3) is 0 Å². The molecule has 0 bridgehead atoms. The third-order valence-corrected chi connectivity index (χ3v) is 5.47. The van der Waals surface area contributed by atoms with Gasteiger partial charge >= 0.3 is 5.69 Å². The highest BCUT2D eigenvalue weighted by molar-refractivity contribution is 9.10. The van der Waals surface area contributed by atoms with Gasteiger partial charge in [-0.15, -0.1) is 0 Å². The number of hydrogen-bond acceptors (Lipinski definition) is 6. The van der Waals surface area contributed by atoms with Gasteiger partial charge in [-0.05, 0) is 48.5 Å². The second-order valence-electron chi connectivity index (χ2n) is 5.54. The predicted octanol–water partition coefficient (Wildman–Crippen LogP) is 2.08. The molecule has 0 aliphatic heterocycles. The molecule has 1 heterocycles. The van der Waals surface area contributed by atoms with Gasteiger partial charge in [0.25, 0.3) is 15.6 Å². The fourth-order valence-electron chi connectivity index (χ4n) is 2.19. The molecular weight excluding hydrogens is 452 g/mol. The van der Waals surface area contributed by atoms with Crippen LogP contribution in [0, 0.1) is 0 Å². The summed E-state index contributed by atoms with van der Waals surface area (Å²) in [6, 6.07) is 12.2. The maximum atomic E-state index is 12.4. The van der Waals surface area contributed by atoms with E-state index in [1.54, 1.807) is 24.3 Å². The number of aliphatic imine (C=N–C) groups is 1. The van der Waals surface area contributed by atoms with Crippen molar-refractivity contribution in [1.29, 1.82) is 0 Å². The minimum absolute atomic E-state index is 0.0269. The van der Waals surface area contributed by atoms with Crippen LogP contribution >= 0.6 is 15.9 Å². The number of nitrogens with zero attached hydrogens (tertiary/aromatic N) is 1. The molecule has 1 aromatic heterocycles. The van der Waals surface area contributed by atoms with E-state index in [1.165, 1.54) is 24.3 Å². The quantitative estimate of drug-likeness (QED) is 0.427. The average Bonchev–Trinajstić information content (AvgIpc) is 2.63. The zero-order valence-corrected chi connectivity index (χ0v) is 16.4. The minimum Gasteiger partial charge on any atom is -0.494 e. The third-order valence-electron chi connectivity index (χ3n) is 3.54. The zero-order chi connectivity index (χ0) is 20.3. The summed E-state index contributed by atoms with van der Waals surface area (Å²) in [6.07, 6.45) is 1.06. The number of halogens is 1. The Morgan fingerprint density at radius 3 is 2.25 bits per heavy atom. The number of rotatable bonds is 5. The normalized spacial score (nSPS) is 11.6. The molecule has 0 fully saturated rings. The molecule has 0 radical (unpaired) electrons. The van der Waals surface area contributed by atoms with E-state index < -0.39 is 27.2 Å². The van der Waals surface area contributed by atoms with Crippen molar-refractivity contribution in [1.82, 2.24) is 9.97 Å². The van der Waals surface area contributed by atoms with Crippen LogP contribution in [0.1, 0.15) is 5.56 Å². The van der Waals surface area contributed by atoms with E-state index in [1.807, 2.05) is 9.97 Å². The van der Waals surface area contributed by atoms with Crippen molar-refractivity contribution in [2.24, 2.45) is 4.99 Å². The van der Waals surface area contributed by atoms with Crippen molar-refractivity contribution in [2.75, 3.05) is 4.72 Å². The number of benzene rings is 2. The van der Waals surface area contributed by atoms with Crippen LogP contribution in [0.2, 0.25) is 0 Å². The minimum atomic E-state index is -3.78. The van der Waals surface area contributed by atoms with E-state index in [-0.39, 0.29) is 10.5 Å². The van der Waals surface area contributed by atoms with Gasteiger partial charge in [0.05, 0.1) is 10.6 Å². The highest BCUT2D eigenvalue weighted by Crippen LogP contribution is 2.21. The molecule has 0 atom stereocenters. The molecular formula is C17H13BrN4O5S. The number of nitrogens with one attached hydrogen (secondary N) is 3. The largest absolute Gasteiger partial charge is 0.494 e. The number of hydrogen-bond donors (Lipinski definition) is 4. The summed E-state index contributed by atoms with van der Waals surface area (Å²) < 4.78 is 28.1. The van der Waals surface area contributed by atoms with E-state index in [0.717, 1.165) is 10.7 Å². The first-order valence-electron chi connectivity index (χ1n) is 7.73. The first-order chi connectivity index (χ1) is 13.2. The molecule has 0 amide bonds. The van der Waals surface area contributed by atoms with Crippen LogP contribution in [0.15, 0.2) is 72.5 Å². The number of sulfonamides is 1. The fraction of sp³-hybridized carbons (Fsp3) is 0. The predicted molar refractivity (Wildman–Crippen MR) is 108 cm³/mol. The molecule has 0 saturated heterocycles. The lowest BCUT2D eigenvalue weighted by Gasteiger charge is -2.08. The number of H-pyrrole nitrogens is 2. The maximum Gasteiger partial charge on any atom is 0.328 e. The van der Waals surface area contributed by atoms with Crippen molar-refractivity contribution >= 4 is 43.5 Å². The molecule has 3 rings (SSSR count). The molecule has 0 saturated carbocycles. The van der Waals surface area contributed by atoms with Crippen LogP contribution in [-0.2, 0) is 10.0 Å². The monoisotopic (exact) mass is 464 g/mol. The molecule has 4 N–H and O–H groups in total. The second kappa shape index (κ2) is 7.82. The van der Waals surface area contributed by atoms with Crippen molar-refractivity contribution < 1.29 is 13.5 Å². The standard InChI is InChI=1S/C17H13BrN4O5S/c18-10-1-3-12(4-2-10)22-28(26,27)13-7-5-11(6-8-13)19-9-14-15(23)20-17(25)21-16(14)24/h1-9,22H,(H3,20,21,23,24,25). The van der Waals surface area contributed by atoms with E-state index in [0.29, 0.717) is 11.4 Å². The first kappa shape index (κ1) is 19.6. The maximum absolute atomic E-state index is 12.4. The Kier molecular flexibility index (Phi) is 5.47. The lowest BCUT2D eigenvalue weighted by atomic mass is 10.3. The first-order valence-corrected chi connectivity index (χ1v) is 10.0. The number of aromatic amines is 2. The highest BCUT2D eigenvalue weighted by atomic mass is 79.9. The molecule has 0 aliphatic rings. The molecule has 11 heteroatoms. The van der Waals surface area contributed by atoms with Crippen molar-refractivity contribution in [3.05, 3.63) is 79.4 Å². The number of anilines is 1. The van der Waals surface area contributed by atoms with Crippen LogP contribution in [0.3, 0.4) is 0 Å². The SMILES string of the molecule is O=c1[nH]c(O)c(C=Nc2ccc(S(=O)(=O)Nc3ccc(Br)cc3)cc2)c(=O)[nH]1. The summed E-state index contributed by atoms with van der Waals surface area (Å²) in [6.45, 7) is 0. The fourth-order valence-corrected chi connectivity index (χ4v) is 3.51. The molecule has 144 valence electrons. The van der Waals surface area contributed by atoms with Crippen molar-refractivity contribution in [2.45, 2.75) is 4.90 Å². The lowest BCUT2D eigenvalue weighted by Crippen LogP contribution is -2.24. The Bertz CT molecular complexity index is 1250. The van der Waals surface area contributed by atoms with Crippen LogP contribution in [0.4, 0.5) is 11.4 Å². The van der Waals surface area contributed by atoms with Crippen LogP contribution in [0.5, 0.6) is 5.88 Å². The summed E-state index contributed by atoms with van der Waals surface area (Å²) in [7, 11) is -3.78. The van der Waals surface area contributed by atoms with Gasteiger partial charge in [0.1, 0.15) is 5.56 Å². The van der Waals surface area contributed by atoms with Gasteiger partial charge in [0.15, 0.2) is 0 Å². The second-order valence-corrected chi connectivity index (χ2v) is 8.13. The Morgan fingerprint density at radius 2 is 1.64 bits per heavy atom. The highest BCUT2D eigenvalue weighted by Gasteiger charge is 2.14. The number of aromatic hydroxyl groups is 1. The van der Waals surface area contributed by atoms with Crippen molar-refractivity contribution in [3.63, 3.8) is 0 Å². The average molecular weight is 465 g/mol. The Hall–Kier alpha value is -3.18. The summed E-state index contributed by atoms with van der Waals surface area (Å²) in [5.74, 6) is -0.615. The molecule has 9 nitrogen and oxygen atoms in total. The Labute approximate surface area is 167 Å². The summed E-state index contributed by atoms with van der Waals surface area (Å²) in [4.78, 5) is 30.7. The Balaban J connectivity index is 1.80. The molecule has 0 unspecified atom stereocenters. The molecule has 0 aliphatic carbocycles. The van der Waals surface area contributed by atoms with Gasteiger partial charge in [-0.2, -0.15) is 0 Å². The summed E-state index contributed by atoms with van der Waals surface area (Å²) >= 11 is 3.28. The number of aromatic nitrogens is 2. The van der Waals surface area contributed by atoms with E-state index in [9.17, 15) is 23.1 Å². The summed E-state index contributed by atoms with van der Waals surface area (Å²) in [5.41, 5.74) is -1.12. The molecule has 3 aromatic rings. The lowest BCUT2D eigenvalue weighted by molar-refractivity contribution is 0.447. The van der Waals surface area contributed by atoms with Gasteiger partial charge in [0, 0.05) is 16.4 Å². The zero-order valence-electron chi connectivity index (χ0n) is 14.0. The van der Waals surface area contributed by atoms with Crippen LogP contribution < -0.4 is 16.0 Å². The van der Waals surface area contributed by atoms with E-state index >= 15 is 0 Å². The van der Waals surface area contributed by atoms with Gasteiger partial charge in [-0.1, -0.05) is 15.9 Å². The van der Waals surface area contributed by atoms with Gasteiger partial charge in [-0.3, -0.25) is 24.5 Å². The summed E-state index contributed by atoms with van der Waals surface area (Å²) in [5, 5.41) is 9.60. The Morgan fingerprint density at radius 1 is 1.00 bits per heavy atom. The molecule has 28 heavy (non-hydrogen) atoms. The smallest absolute Gasteiger partial charge is 0.328 e. The van der Waals surface area contributed by atoms with Gasteiger partial charge < -0.3 is 5.11 Å². The van der Waals surface area contributed by atoms with Crippen molar-refractivity contribution in [3.8, 4) is 5.88 Å². The molecule has 0 spiro atoms. The third kappa shape index (κ3) is 4.56. The molecule has 2 aromatic carbocycles. The van der Waals surface area contributed by atoms with Gasteiger partial charge in [-0.25, -0.2) is 13.2 Å².